The summed E-state index contributed by atoms with van der Waals surface area (Å²) in [4.78, 5) is 10.8. The number of allylic oxidation sites excluding steroid dienone is 2. The van der Waals surface area contributed by atoms with Gasteiger partial charge in [0.15, 0.2) is 0 Å². The molecule has 3 heteroatoms. The first-order valence-electron chi connectivity index (χ1n) is 9.96. The minimum absolute atomic E-state index is 0.328. The number of rotatable bonds is 15. The van der Waals surface area contributed by atoms with Crippen molar-refractivity contribution in [2.24, 2.45) is 0 Å². The number of nitrogens with one attached hydrogen (secondary N) is 1. The molecule has 0 saturated heterocycles. The van der Waals surface area contributed by atoms with Crippen molar-refractivity contribution in [1.29, 1.82) is 0 Å². The number of carboxylic acids is 1. The summed E-state index contributed by atoms with van der Waals surface area (Å²) < 4.78 is 0. The first-order chi connectivity index (χ1) is 12.2. The van der Waals surface area contributed by atoms with Gasteiger partial charge in [0, 0.05) is 12.2 Å². The van der Waals surface area contributed by atoms with Gasteiger partial charge in [-0.1, -0.05) is 64.0 Å². The van der Waals surface area contributed by atoms with E-state index in [1.165, 1.54) is 57.8 Å². The third-order valence-corrected chi connectivity index (χ3v) is 4.40. The van der Waals surface area contributed by atoms with Gasteiger partial charge in [-0.2, -0.15) is 0 Å². The van der Waals surface area contributed by atoms with E-state index in [1.807, 2.05) is 12.1 Å². The van der Waals surface area contributed by atoms with Crippen LogP contribution >= 0.6 is 0 Å². The van der Waals surface area contributed by atoms with Crippen LogP contribution in [-0.2, 0) is 0 Å². The van der Waals surface area contributed by atoms with Crippen molar-refractivity contribution in [3.8, 4) is 0 Å². The van der Waals surface area contributed by atoms with Gasteiger partial charge in [0.25, 0.3) is 0 Å². The SMILES string of the molecule is CCCCCCCCCCC=CCCCNc1ccc(C(=O)O)cc1. The van der Waals surface area contributed by atoms with Crippen LogP contribution in [0.25, 0.3) is 0 Å². The fourth-order valence-electron chi connectivity index (χ4n) is 2.82. The summed E-state index contributed by atoms with van der Waals surface area (Å²) in [6.45, 7) is 3.18. The monoisotopic (exact) mass is 345 g/mol. The number of hydrogen-bond acceptors (Lipinski definition) is 2. The average Bonchev–Trinajstić information content (AvgIpc) is 2.62. The Labute approximate surface area is 153 Å². The Bertz CT molecular complexity index is 479. The number of aromatic carboxylic acids is 1. The Kier molecular flexibility index (Phi) is 12.4. The molecule has 0 radical (unpaired) electrons. The van der Waals surface area contributed by atoms with Crippen molar-refractivity contribution in [1.82, 2.24) is 0 Å². The molecule has 0 aromatic heterocycles. The largest absolute Gasteiger partial charge is 0.478 e. The molecule has 1 aromatic carbocycles. The quantitative estimate of drug-likeness (QED) is 0.276. The van der Waals surface area contributed by atoms with Crippen molar-refractivity contribution in [2.75, 3.05) is 11.9 Å². The van der Waals surface area contributed by atoms with E-state index in [-0.39, 0.29) is 0 Å². The first kappa shape index (κ1) is 21.3. The zero-order valence-corrected chi connectivity index (χ0v) is 15.8. The number of benzene rings is 1. The van der Waals surface area contributed by atoms with E-state index in [4.69, 9.17) is 5.11 Å². The van der Waals surface area contributed by atoms with Gasteiger partial charge in [0.1, 0.15) is 0 Å². The van der Waals surface area contributed by atoms with Gasteiger partial charge in [0.2, 0.25) is 0 Å². The number of anilines is 1. The van der Waals surface area contributed by atoms with E-state index < -0.39 is 5.97 Å². The van der Waals surface area contributed by atoms with E-state index in [1.54, 1.807) is 12.1 Å². The van der Waals surface area contributed by atoms with Crippen LogP contribution in [0.15, 0.2) is 36.4 Å². The molecule has 0 unspecified atom stereocenters. The second kappa shape index (κ2) is 14.6. The molecule has 0 amide bonds. The lowest BCUT2D eigenvalue weighted by Gasteiger charge is -2.05. The molecule has 140 valence electrons. The average molecular weight is 346 g/mol. The maximum absolute atomic E-state index is 10.8. The molecule has 0 fully saturated rings. The van der Waals surface area contributed by atoms with Crippen LogP contribution in [0.2, 0.25) is 0 Å². The molecule has 0 aliphatic heterocycles. The van der Waals surface area contributed by atoms with Crippen LogP contribution in [-0.4, -0.2) is 17.6 Å². The topological polar surface area (TPSA) is 49.3 Å². The molecule has 0 aliphatic carbocycles. The van der Waals surface area contributed by atoms with Gasteiger partial charge in [0.05, 0.1) is 5.56 Å². The standard InChI is InChI=1S/C22H35NO2/c1-2-3-4-5-6-7-8-9-10-11-12-13-14-19-23-21-17-15-20(16-18-21)22(24)25/h11-12,15-18,23H,2-10,13-14,19H2,1H3,(H,24,25). The van der Waals surface area contributed by atoms with Gasteiger partial charge in [-0.3, -0.25) is 0 Å². The van der Waals surface area contributed by atoms with Gasteiger partial charge >= 0.3 is 5.97 Å². The van der Waals surface area contributed by atoms with E-state index in [0.29, 0.717) is 5.56 Å². The lowest BCUT2D eigenvalue weighted by atomic mass is 10.1. The summed E-state index contributed by atoms with van der Waals surface area (Å²) >= 11 is 0. The second-order valence-corrected chi connectivity index (χ2v) is 6.69. The molecule has 0 spiro atoms. The summed E-state index contributed by atoms with van der Waals surface area (Å²) in [6.07, 6.45) is 19.0. The Morgan fingerprint density at radius 1 is 0.880 bits per heavy atom. The minimum atomic E-state index is -0.881. The highest BCUT2D eigenvalue weighted by molar-refractivity contribution is 5.87. The molecule has 0 saturated carbocycles. The van der Waals surface area contributed by atoms with Crippen molar-refractivity contribution in [3.05, 3.63) is 42.0 Å². The fourth-order valence-corrected chi connectivity index (χ4v) is 2.82. The van der Waals surface area contributed by atoms with Gasteiger partial charge < -0.3 is 10.4 Å². The van der Waals surface area contributed by atoms with Gasteiger partial charge in [-0.15, -0.1) is 0 Å². The molecule has 0 aliphatic rings. The zero-order chi connectivity index (χ0) is 18.2. The maximum Gasteiger partial charge on any atom is 0.335 e. The van der Waals surface area contributed by atoms with Crippen LogP contribution in [0.3, 0.4) is 0 Å². The fraction of sp³-hybridized carbons (Fsp3) is 0.591. The highest BCUT2D eigenvalue weighted by Gasteiger charge is 2.00. The second-order valence-electron chi connectivity index (χ2n) is 6.69. The van der Waals surface area contributed by atoms with E-state index in [2.05, 4.69) is 24.4 Å². The number of carbonyl (C=O) groups is 1. The predicted molar refractivity (Wildman–Crippen MR) is 107 cm³/mol. The maximum atomic E-state index is 10.8. The molecular weight excluding hydrogens is 310 g/mol. The van der Waals surface area contributed by atoms with Crippen LogP contribution in [0.4, 0.5) is 5.69 Å². The molecule has 0 heterocycles. The van der Waals surface area contributed by atoms with E-state index >= 15 is 0 Å². The highest BCUT2D eigenvalue weighted by Crippen LogP contribution is 2.11. The first-order valence-corrected chi connectivity index (χ1v) is 9.96. The van der Waals surface area contributed by atoms with Crippen molar-refractivity contribution < 1.29 is 9.90 Å². The summed E-state index contributed by atoms with van der Waals surface area (Å²) in [5.41, 5.74) is 1.31. The van der Waals surface area contributed by atoms with Gasteiger partial charge in [-0.25, -0.2) is 4.79 Å². The van der Waals surface area contributed by atoms with Crippen molar-refractivity contribution in [3.63, 3.8) is 0 Å². The summed E-state index contributed by atoms with van der Waals surface area (Å²) in [6, 6.07) is 6.91. The van der Waals surface area contributed by atoms with Gasteiger partial charge in [-0.05, 0) is 49.9 Å². The summed E-state index contributed by atoms with van der Waals surface area (Å²) in [7, 11) is 0. The predicted octanol–water partition coefficient (Wildman–Crippen LogP) is 6.66. The Morgan fingerprint density at radius 2 is 1.44 bits per heavy atom. The zero-order valence-electron chi connectivity index (χ0n) is 15.8. The molecular formula is C22H35NO2. The summed E-state index contributed by atoms with van der Waals surface area (Å²) in [5, 5.41) is 12.2. The lowest BCUT2D eigenvalue weighted by Crippen LogP contribution is -2.02. The molecule has 3 nitrogen and oxygen atoms in total. The molecule has 1 aromatic rings. The normalized spacial score (nSPS) is 11.1. The smallest absolute Gasteiger partial charge is 0.335 e. The third-order valence-electron chi connectivity index (χ3n) is 4.40. The number of hydrogen-bond donors (Lipinski definition) is 2. The lowest BCUT2D eigenvalue weighted by molar-refractivity contribution is 0.0697. The van der Waals surface area contributed by atoms with Crippen molar-refractivity contribution in [2.45, 2.75) is 77.6 Å². The molecule has 0 atom stereocenters. The molecule has 0 bridgehead atoms. The Balaban J connectivity index is 1.92. The van der Waals surface area contributed by atoms with Crippen LogP contribution in [0.5, 0.6) is 0 Å². The Morgan fingerprint density at radius 3 is 2.04 bits per heavy atom. The molecule has 1 rings (SSSR count). The number of carboxylic acid groups (broad SMARTS) is 1. The summed E-state index contributed by atoms with van der Waals surface area (Å²) in [5.74, 6) is -0.881. The van der Waals surface area contributed by atoms with E-state index in [9.17, 15) is 4.79 Å². The van der Waals surface area contributed by atoms with E-state index in [0.717, 1.165) is 25.1 Å². The Hall–Kier alpha value is -1.77. The van der Waals surface area contributed by atoms with Crippen LogP contribution in [0, 0.1) is 0 Å². The van der Waals surface area contributed by atoms with Crippen LogP contribution in [0.1, 0.15) is 87.9 Å². The third kappa shape index (κ3) is 11.4. The number of unbranched alkanes of at least 4 members (excludes halogenated alkanes) is 9. The van der Waals surface area contributed by atoms with Crippen LogP contribution < -0.4 is 5.32 Å². The molecule has 25 heavy (non-hydrogen) atoms. The van der Waals surface area contributed by atoms with Crippen molar-refractivity contribution >= 4 is 11.7 Å². The molecule has 2 N–H and O–H groups in total. The minimum Gasteiger partial charge on any atom is -0.478 e. The highest BCUT2D eigenvalue weighted by atomic mass is 16.4.